The molecular formula is C15H21ClN2O2. The van der Waals surface area contributed by atoms with Gasteiger partial charge in [0.15, 0.2) is 0 Å². The molecule has 0 aromatic heterocycles. The summed E-state index contributed by atoms with van der Waals surface area (Å²) in [6, 6.07) is 3.74. The molecule has 1 aromatic carbocycles. The van der Waals surface area contributed by atoms with E-state index in [1.807, 2.05) is 26.8 Å². The second-order valence-electron chi connectivity index (χ2n) is 4.87. The summed E-state index contributed by atoms with van der Waals surface area (Å²) in [7, 11) is 0. The van der Waals surface area contributed by atoms with Crippen LogP contribution in [0, 0.1) is 13.8 Å². The van der Waals surface area contributed by atoms with Crippen LogP contribution in [0.3, 0.4) is 0 Å². The van der Waals surface area contributed by atoms with Crippen molar-refractivity contribution in [2.45, 2.75) is 34.1 Å². The first-order valence-corrected chi connectivity index (χ1v) is 7.06. The van der Waals surface area contributed by atoms with E-state index in [0.29, 0.717) is 17.3 Å². The molecule has 5 heteroatoms. The summed E-state index contributed by atoms with van der Waals surface area (Å²) in [4.78, 5) is 25.1. The second kappa shape index (κ2) is 7.29. The Kier molecular flexibility index (Phi) is 6.02. The molecule has 1 N–H and O–H groups in total. The third-order valence-corrected chi connectivity index (χ3v) is 3.21. The van der Waals surface area contributed by atoms with E-state index in [2.05, 4.69) is 5.32 Å². The van der Waals surface area contributed by atoms with E-state index < -0.39 is 0 Å². The van der Waals surface area contributed by atoms with Gasteiger partial charge in [-0.1, -0.05) is 24.6 Å². The summed E-state index contributed by atoms with van der Waals surface area (Å²) in [5.41, 5.74) is 2.51. The Morgan fingerprint density at radius 1 is 1.30 bits per heavy atom. The number of carbonyl (C=O) groups excluding carboxylic acids is 2. The minimum Gasteiger partial charge on any atom is -0.355 e. The van der Waals surface area contributed by atoms with Gasteiger partial charge < -0.3 is 10.2 Å². The van der Waals surface area contributed by atoms with E-state index in [-0.39, 0.29) is 18.4 Å². The topological polar surface area (TPSA) is 49.4 Å². The van der Waals surface area contributed by atoms with Gasteiger partial charge in [-0.2, -0.15) is 0 Å². The van der Waals surface area contributed by atoms with Crippen molar-refractivity contribution in [3.8, 4) is 0 Å². The van der Waals surface area contributed by atoms with Crippen LogP contribution in [0.1, 0.15) is 31.4 Å². The van der Waals surface area contributed by atoms with Crippen LogP contribution in [0.4, 0.5) is 5.69 Å². The minimum absolute atomic E-state index is 0.0149. The fourth-order valence-electron chi connectivity index (χ4n) is 2.06. The number of nitrogens with one attached hydrogen (secondary N) is 1. The van der Waals surface area contributed by atoms with Crippen LogP contribution in [0.5, 0.6) is 0 Å². The Hall–Kier alpha value is -1.55. The normalized spacial score (nSPS) is 10.2. The molecule has 0 fully saturated rings. The highest BCUT2D eigenvalue weighted by atomic mass is 35.5. The summed E-state index contributed by atoms with van der Waals surface area (Å²) in [6.45, 7) is 7.82. The van der Waals surface area contributed by atoms with Gasteiger partial charge in [0, 0.05) is 13.5 Å². The SMILES string of the molecule is CCCNC(=O)CN(C(C)=O)c1c(C)cc(C)cc1Cl. The zero-order valence-corrected chi connectivity index (χ0v) is 13.2. The molecule has 4 nitrogen and oxygen atoms in total. The predicted molar refractivity (Wildman–Crippen MR) is 82.3 cm³/mol. The molecule has 0 unspecified atom stereocenters. The van der Waals surface area contributed by atoms with Crippen LogP contribution >= 0.6 is 11.6 Å². The van der Waals surface area contributed by atoms with Crippen LogP contribution in [0.2, 0.25) is 5.02 Å². The molecule has 0 aliphatic heterocycles. The molecule has 0 spiro atoms. The van der Waals surface area contributed by atoms with Crippen LogP contribution in [-0.4, -0.2) is 24.9 Å². The molecule has 0 aliphatic carbocycles. The molecule has 0 atom stereocenters. The van der Waals surface area contributed by atoms with Gasteiger partial charge in [-0.25, -0.2) is 0 Å². The van der Waals surface area contributed by atoms with Gasteiger partial charge in [-0.05, 0) is 37.5 Å². The summed E-state index contributed by atoms with van der Waals surface area (Å²) >= 11 is 6.24. The molecule has 0 aliphatic rings. The van der Waals surface area contributed by atoms with Crippen molar-refractivity contribution in [1.82, 2.24) is 5.32 Å². The molecule has 0 radical (unpaired) electrons. The van der Waals surface area contributed by atoms with E-state index in [9.17, 15) is 9.59 Å². The van der Waals surface area contributed by atoms with E-state index in [4.69, 9.17) is 11.6 Å². The summed E-state index contributed by atoms with van der Waals surface area (Å²) in [5, 5.41) is 3.25. The van der Waals surface area contributed by atoms with Gasteiger partial charge in [0.2, 0.25) is 11.8 Å². The highest BCUT2D eigenvalue weighted by Crippen LogP contribution is 2.31. The first-order chi connectivity index (χ1) is 9.36. The molecule has 1 aromatic rings. The lowest BCUT2D eigenvalue weighted by molar-refractivity contribution is -0.123. The zero-order chi connectivity index (χ0) is 15.3. The number of carbonyl (C=O) groups is 2. The lowest BCUT2D eigenvalue weighted by Gasteiger charge is -2.24. The zero-order valence-electron chi connectivity index (χ0n) is 12.4. The number of anilines is 1. The maximum atomic E-state index is 11.8. The highest BCUT2D eigenvalue weighted by molar-refractivity contribution is 6.34. The van der Waals surface area contributed by atoms with Gasteiger partial charge >= 0.3 is 0 Å². The number of nitrogens with zero attached hydrogens (tertiary/aromatic N) is 1. The molecule has 0 bridgehead atoms. The summed E-state index contributed by atoms with van der Waals surface area (Å²) < 4.78 is 0. The predicted octanol–water partition coefficient (Wildman–Crippen LogP) is 2.84. The van der Waals surface area contributed by atoms with E-state index in [1.54, 1.807) is 6.07 Å². The molecule has 2 amide bonds. The third-order valence-electron chi connectivity index (χ3n) is 2.92. The van der Waals surface area contributed by atoms with Gasteiger partial charge in [0.1, 0.15) is 6.54 Å². The van der Waals surface area contributed by atoms with Crippen LogP contribution in [0.25, 0.3) is 0 Å². The van der Waals surface area contributed by atoms with Crippen LogP contribution in [0.15, 0.2) is 12.1 Å². The maximum absolute atomic E-state index is 11.8. The first-order valence-electron chi connectivity index (χ1n) is 6.68. The summed E-state index contributed by atoms with van der Waals surface area (Å²) in [6.07, 6.45) is 0.857. The van der Waals surface area contributed by atoms with Gasteiger partial charge in [-0.3, -0.25) is 9.59 Å². The maximum Gasteiger partial charge on any atom is 0.240 e. The number of amides is 2. The molecule has 0 heterocycles. The number of halogens is 1. The van der Waals surface area contributed by atoms with Crippen molar-refractivity contribution in [1.29, 1.82) is 0 Å². The molecule has 20 heavy (non-hydrogen) atoms. The van der Waals surface area contributed by atoms with Crippen LogP contribution < -0.4 is 10.2 Å². The number of aryl methyl sites for hydroxylation is 2. The van der Waals surface area contributed by atoms with Gasteiger partial charge in [-0.15, -0.1) is 0 Å². The van der Waals surface area contributed by atoms with E-state index in [1.165, 1.54) is 11.8 Å². The Bertz CT molecular complexity index is 492. The summed E-state index contributed by atoms with van der Waals surface area (Å²) in [5.74, 6) is -0.386. The fraction of sp³-hybridized carbons (Fsp3) is 0.467. The minimum atomic E-state index is -0.203. The smallest absolute Gasteiger partial charge is 0.240 e. The molecule has 0 saturated carbocycles. The number of hydrogen-bond donors (Lipinski definition) is 1. The van der Waals surface area contributed by atoms with E-state index >= 15 is 0 Å². The Balaban J connectivity index is 3.03. The average molecular weight is 297 g/mol. The molecule has 1 rings (SSSR count). The highest BCUT2D eigenvalue weighted by Gasteiger charge is 2.20. The van der Waals surface area contributed by atoms with Gasteiger partial charge in [0.25, 0.3) is 0 Å². The average Bonchev–Trinajstić information content (AvgIpc) is 2.33. The lowest BCUT2D eigenvalue weighted by atomic mass is 10.1. The van der Waals surface area contributed by atoms with Crippen LogP contribution in [-0.2, 0) is 9.59 Å². The third kappa shape index (κ3) is 4.23. The Labute approximate surface area is 125 Å². The number of benzene rings is 1. The van der Waals surface area contributed by atoms with Crippen molar-refractivity contribution < 1.29 is 9.59 Å². The Morgan fingerprint density at radius 3 is 2.45 bits per heavy atom. The number of hydrogen-bond acceptors (Lipinski definition) is 2. The van der Waals surface area contributed by atoms with Crippen molar-refractivity contribution in [3.63, 3.8) is 0 Å². The second-order valence-corrected chi connectivity index (χ2v) is 5.27. The molecule has 110 valence electrons. The first kappa shape index (κ1) is 16.5. The number of rotatable bonds is 5. The van der Waals surface area contributed by atoms with Crippen molar-refractivity contribution in [2.75, 3.05) is 18.0 Å². The van der Waals surface area contributed by atoms with Gasteiger partial charge in [0.05, 0.1) is 10.7 Å². The van der Waals surface area contributed by atoms with Crippen molar-refractivity contribution >= 4 is 29.1 Å². The van der Waals surface area contributed by atoms with Crippen molar-refractivity contribution in [3.05, 3.63) is 28.3 Å². The quantitative estimate of drug-likeness (QED) is 0.908. The molecular weight excluding hydrogens is 276 g/mol. The monoisotopic (exact) mass is 296 g/mol. The largest absolute Gasteiger partial charge is 0.355 e. The fourth-order valence-corrected chi connectivity index (χ4v) is 2.48. The standard InChI is InChI=1S/C15H21ClN2O2/c1-5-6-17-14(20)9-18(12(4)19)15-11(3)7-10(2)8-13(15)16/h7-8H,5-6,9H2,1-4H3,(H,17,20). The molecule has 0 saturated heterocycles. The lowest BCUT2D eigenvalue weighted by Crippen LogP contribution is -2.40. The van der Waals surface area contributed by atoms with Crippen molar-refractivity contribution in [2.24, 2.45) is 0 Å². The Morgan fingerprint density at radius 2 is 1.95 bits per heavy atom. The van der Waals surface area contributed by atoms with E-state index in [0.717, 1.165) is 17.5 Å².